The van der Waals surface area contributed by atoms with Gasteiger partial charge in [0, 0.05) is 10.0 Å². The van der Waals surface area contributed by atoms with Crippen LogP contribution in [0.4, 0.5) is 4.39 Å². The lowest BCUT2D eigenvalue weighted by Crippen LogP contribution is -2.13. The molecule has 0 unspecified atom stereocenters. The molecule has 0 spiro atoms. The van der Waals surface area contributed by atoms with E-state index >= 15 is 0 Å². The first-order valence-electron chi connectivity index (χ1n) is 4.50. The fourth-order valence-corrected chi connectivity index (χ4v) is 1.85. The van der Waals surface area contributed by atoms with Crippen LogP contribution in [0.25, 0.3) is 0 Å². The summed E-state index contributed by atoms with van der Waals surface area (Å²) in [5.41, 5.74) is 3.39. The van der Waals surface area contributed by atoms with Gasteiger partial charge in [-0.15, -0.1) is 0 Å². The molecule has 0 fully saturated rings. The van der Waals surface area contributed by atoms with Gasteiger partial charge in [0.1, 0.15) is 0 Å². The van der Waals surface area contributed by atoms with Crippen molar-refractivity contribution in [2.45, 2.75) is 6.54 Å². The summed E-state index contributed by atoms with van der Waals surface area (Å²) >= 11 is 3.26. The van der Waals surface area contributed by atoms with Crippen molar-refractivity contribution in [3.05, 3.63) is 21.9 Å². The van der Waals surface area contributed by atoms with Gasteiger partial charge >= 0.3 is 0 Å². The van der Waals surface area contributed by atoms with E-state index in [1.165, 1.54) is 27.4 Å². The molecular weight excluding hydrogens is 281 g/mol. The molecule has 1 aromatic rings. The third kappa shape index (κ3) is 2.63. The molecular formula is C10H13BrFNO3. The van der Waals surface area contributed by atoms with E-state index in [0.717, 1.165) is 5.56 Å². The van der Waals surface area contributed by atoms with Crippen LogP contribution in [0.5, 0.6) is 11.5 Å². The summed E-state index contributed by atoms with van der Waals surface area (Å²) in [6.07, 6.45) is 0. The molecule has 0 atom stereocenters. The zero-order valence-corrected chi connectivity index (χ0v) is 10.9. The van der Waals surface area contributed by atoms with Crippen molar-refractivity contribution in [1.82, 2.24) is 5.48 Å². The second-order valence-corrected chi connectivity index (χ2v) is 3.76. The first-order chi connectivity index (χ1) is 7.65. The van der Waals surface area contributed by atoms with Crippen molar-refractivity contribution < 1.29 is 18.7 Å². The van der Waals surface area contributed by atoms with Crippen LogP contribution in [0.15, 0.2) is 10.5 Å². The van der Waals surface area contributed by atoms with Gasteiger partial charge in [-0.05, 0) is 6.07 Å². The van der Waals surface area contributed by atoms with Crippen LogP contribution in [0.3, 0.4) is 0 Å². The molecule has 0 saturated heterocycles. The predicted octanol–water partition coefficient (Wildman–Crippen LogP) is 2.26. The minimum Gasteiger partial charge on any atom is -0.492 e. The van der Waals surface area contributed by atoms with Gasteiger partial charge in [0.25, 0.3) is 0 Å². The van der Waals surface area contributed by atoms with E-state index in [9.17, 15) is 4.39 Å². The summed E-state index contributed by atoms with van der Waals surface area (Å²) in [6, 6.07) is 1.33. The smallest absolute Gasteiger partial charge is 0.197 e. The molecule has 1 rings (SSSR count). The van der Waals surface area contributed by atoms with Crippen LogP contribution in [-0.4, -0.2) is 21.3 Å². The molecule has 0 bridgehead atoms. The van der Waals surface area contributed by atoms with E-state index in [1.807, 2.05) is 0 Å². The Kier molecular flexibility index (Phi) is 4.98. The SMILES string of the molecule is CONCc1c(Br)cc(F)c(OC)c1OC. The zero-order valence-electron chi connectivity index (χ0n) is 9.27. The lowest BCUT2D eigenvalue weighted by Gasteiger charge is -2.15. The Morgan fingerprint density at radius 2 is 1.88 bits per heavy atom. The fourth-order valence-electron chi connectivity index (χ4n) is 1.33. The van der Waals surface area contributed by atoms with Gasteiger partial charge < -0.3 is 14.3 Å². The Labute approximate surface area is 102 Å². The number of ether oxygens (including phenoxy) is 2. The lowest BCUT2D eigenvalue weighted by atomic mass is 10.2. The maximum atomic E-state index is 13.5. The van der Waals surface area contributed by atoms with E-state index in [-0.39, 0.29) is 5.75 Å². The molecule has 90 valence electrons. The second kappa shape index (κ2) is 6.03. The normalized spacial score (nSPS) is 10.3. The maximum absolute atomic E-state index is 13.5. The standard InChI is InChI=1S/C10H13BrFNO3/c1-14-9-6(5-13-16-3)7(11)4-8(12)10(9)15-2/h4,13H,5H2,1-3H3. The number of rotatable bonds is 5. The largest absolute Gasteiger partial charge is 0.492 e. The van der Waals surface area contributed by atoms with Crippen molar-refractivity contribution in [3.63, 3.8) is 0 Å². The van der Waals surface area contributed by atoms with Crippen molar-refractivity contribution >= 4 is 15.9 Å². The highest BCUT2D eigenvalue weighted by atomic mass is 79.9. The molecule has 4 nitrogen and oxygen atoms in total. The number of hydrogen-bond donors (Lipinski definition) is 1. The Morgan fingerprint density at radius 1 is 1.25 bits per heavy atom. The quantitative estimate of drug-likeness (QED) is 0.846. The van der Waals surface area contributed by atoms with E-state index < -0.39 is 5.82 Å². The minimum atomic E-state index is -0.479. The molecule has 0 heterocycles. The summed E-state index contributed by atoms with van der Waals surface area (Å²) in [6.45, 7) is 0.372. The molecule has 16 heavy (non-hydrogen) atoms. The average Bonchev–Trinajstić information content (AvgIpc) is 2.27. The number of nitrogens with one attached hydrogen (secondary N) is 1. The maximum Gasteiger partial charge on any atom is 0.197 e. The summed E-state index contributed by atoms with van der Waals surface area (Å²) in [5, 5.41) is 0. The molecule has 6 heteroatoms. The third-order valence-electron chi connectivity index (χ3n) is 2.04. The molecule has 0 amide bonds. The van der Waals surface area contributed by atoms with Gasteiger partial charge in [0.05, 0.1) is 27.9 Å². The van der Waals surface area contributed by atoms with Crippen LogP contribution < -0.4 is 15.0 Å². The Morgan fingerprint density at radius 3 is 2.38 bits per heavy atom. The summed E-state index contributed by atoms with van der Waals surface area (Å²) in [7, 11) is 4.35. The third-order valence-corrected chi connectivity index (χ3v) is 2.75. The molecule has 1 aromatic carbocycles. The molecule has 0 aliphatic carbocycles. The van der Waals surface area contributed by atoms with Gasteiger partial charge in [-0.3, -0.25) is 0 Å². The van der Waals surface area contributed by atoms with Crippen LogP contribution in [0, 0.1) is 5.82 Å². The van der Waals surface area contributed by atoms with E-state index in [0.29, 0.717) is 16.8 Å². The van der Waals surface area contributed by atoms with Gasteiger partial charge in [0.15, 0.2) is 17.3 Å². The van der Waals surface area contributed by atoms with Gasteiger partial charge in [-0.2, -0.15) is 5.48 Å². The van der Waals surface area contributed by atoms with Gasteiger partial charge in [-0.25, -0.2) is 4.39 Å². The lowest BCUT2D eigenvalue weighted by molar-refractivity contribution is 0.0858. The monoisotopic (exact) mass is 293 g/mol. The number of methoxy groups -OCH3 is 2. The summed E-state index contributed by atoms with van der Waals surface area (Å²) < 4.78 is 24.2. The first kappa shape index (κ1) is 13.2. The van der Waals surface area contributed by atoms with Crippen molar-refractivity contribution in [1.29, 1.82) is 0 Å². The molecule has 0 radical (unpaired) electrons. The molecule has 0 aliphatic rings. The number of benzene rings is 1. The van der Waals surface area contributed by atoms with Crippen LogP contribution in [0.2, 0.25) is 0 Å². The number of hydroxylamine groups is 1. The number of halogens is 2. The van der Waals surface area contributed by atoms with Crippen molar-refractivity contribution in [2.24, 2.45) is 0 Å². The van der Waals surface area contributed by atoms with Crippen molar-refractivity contribution in [2.75, 3.05) is 21.3 Å². The minimum absolute atomic E-state index is 0.0820. The van der Waals surface area contributed by atoms with Crippen molar-refractivity contribution in [3.8, 4) is 11.5 Å². The van der Waals surface area contributed by atoms with Gasteiger partial charge in [-0.1, -0.05) is 15.9 Å². The Hall–Kier alpha value is -0.850. The van der Waals surface area contributed by atoms with E-state index in [4.69, 9.17) is 14.3 Å². The van der Waals surface area contributed by atoms with Crippen LogP contribution in [-0.2, 0) is 11.4 Å². The summed E-state index contributed by atoms with van der Waals surface area (Å²) in [4.78, 5) is 4.74. The van der Waals surface area contributed by atoms with Crippen LogP contribution in [0.1, 0.15) is 5.56 Å². The molecule has 0 aromatic heterocycles. The highest BCUT2D eigenvalue weighted by molar-refractivity contribution is 9.10. The zero-order chi connectivity index (χ0) is 12.1. The summed E-state index contributed by atoms with van der Waals surface area (Å²) in [5.74, 6) is -0.0510. The molecule has 1 N–H and O–H groups in total. The Bertz CT molecular complexity index is 374. The second-order valence-electron chi connectivity index (χ2n) is 2.91. The highest BCUT2D eigenvalue weighted by Crippen LogP contribution is 2.38. The van der Waals surface area contributed by atoms with E-state index in [1.54, 1.807) is 0 Å². The predicted molar refractivity (Wildman–Crippen MR) is 61.1 cm³/mol. The fraction of sp³-hybridized carbons (Fsp3) is 0.400. The average molecular weight is 294 g/mol. The topological polar surface area (TPSA) is 39.7 Å². The molecule has 0 saturated carbocycles. The highest BCUT2D eigenvalue weighted by Gasteiger charge is 2.18. The van der Waals surface area contributed by atoms with E-state index in [2.05, 4.69) is 21.4 Å². The van der Waals surface area contributed by atoms with Gasteiger partial charge in [0.2, 0.25) is 0 Å². The Balaban J connectivity index is 3.22. The molecule has 0 aliphatic heterocycles. The number of hydrogen-bond acceptors (Lipinski definition) is 4. The van der Waals surface area contributed by atoms with Crippen LogP contribution >= 0.6 is 15.9 Å². The first-order valence-corrected chi connectivity index (χ1v) is 5.29.